The van der Waals surface area contributed by atoms with Gasteiger partial charge in [-0.2, -0.15) is 8.42 Å². The van der Waals surface area contributed by atoms with Crippen LogP contribution in [-0.2, 0) is 10.0 Å². The van der Waals surface area contributed by atoms with Crippen LogP contribution in [0.1, 0.15) is 15.9 Å². The van der Waals surface area contributed by atoms with Gasteiger partial charge in [0.1, 0.15) is 11.9 Å². The second-order valence-corrected chi connectivity index (χ2v) is 9.75. The molecule has 0 aliphatic rings. The smallest absolute Gasteiger partial charge is 0.285 e. The van der Waals surface area contributed by atoms with Gasteiger partial charge in [-0.25, -0.2) is 0 Å². The van der Waals surface area contributed by atoms with Crippen LogP contribution in [0.15, 0.2) is 117 Å². The van der Waals surface area contributed by atoms with Gasteiger partial charge in [0.05, 0.1) is 10.5 Å². The molecular weight excluding hydrogens is 458 g/mol. The number of benzene rings is 4. The fourth-order valence-electron chi connectivity index (χ4n) is 4.02. The third-order valence-electron chi connectivity index (χ3n) is 5.73. The topological polar surface area (TPSA) is 76.7 Å². The Morgan fingerprint density at radius 2 is 1.34 bits per heavy atom. The van der Waals surface area contributed by atoms with Crippen LogP contribution in [0.25, 0.3) is 33.2 Å². The maximum Gasteiger partial charge on any atom is 0.285 e. The van der Waals surface area contributed by atoms with Gasteiger partial charge in [0.15, 0.2) is 0 Å². The minimum Gasteiger partial charge on any atom is -0.437 e. The molecule has 5 nitrogen and oxygen atoms in total. The fourth-order valence-corrected chi connectivity index (χ4v) is 4.95. The van der Waals surface area contributed by atoms with Gasteiger partial charge < -0.3 is 4.42 Å². The summed E-state index contributed by atoms with van der Waals surface area (Å²) in [6.07, 6.45) is 0.774. The molecule has 5 rings (SSSR count). The fraction of sp³-hybridized carbons (Fsp3) is 0.0345. The van der Waals surface area contributed by atoms with Crippen molar-refractivity contribution >= 4 is 27.3 Å². The zero-order chi connectivity index (χ0) is 24.4. The van der Waals surface area contributed by atoms with E-state index in [2.05, 4.69) is 4.40 Å². The Hall–Kier alpha value is -4.29. The highest BCUT2D eigenvalue weighted by Gasteiger charge is 2.20. The van der Waals surface area contributed by atoms with E-state index < -0.39 is 10.0 Å². The summed E-state index contributed by atoms with van der Waals surface area (Å²) in [6.45, 7) is 1.89. The van der Waals surface area contributed by atoms with E-state index in [1.165, 1.54) is 12.1 Å². The van der Waals surface area contributed by atoms with Crippen LogP contribution in [0, 0.1) is 6.92 Å². The number of carbonyl (C=O) groups is 1. The first kappa shape index (κ1) is 22.5. The van der Waals surface area contributed by atoms with Gasteiger partial charge in [-0.3, -0.25) is 4.79 Å². The Labute approximate surface area is 203 Å². The highest BCUT2D eigenvalue weighted by atomic mass is 32.2. The molecule has 0 saturated carbocycles. The molecule has 0 amide bonds. The number of rotatable bonds is 5. The quantitative estimate of drug-likeness (QED) is 0.282. The Morgan fingerprint density at radius 3 is 1.94 bits per heavy atom. The highest BCUT2D eigenvalue weighted by molar-refractivity contribution is 7.90. The molecule has 0 unspecified atom stereocenters. The lowest BCUT2D eigenvalue weighted by Crippen LogP contribution is -2.13. The zero-order valence-corrected chi connectivity index (χ0v) is 19.7. The Balaban J connectivity index is 1.94. The van der Waals surface area contributed by atoms with E-state index in [1.54, 1.807) is 30.3 Å². The monoisotopic (exact) mass is 479 g/mol. The van der Waals surface area contributed by atoms with E-state index in [0.717, 1.165) is 28.5 Å². The van der Waals surface area contributed by atoms with Crippen molar-refractivity contribution in [1.82, 2.24) is 0 Å². The molecule has 35 heavy (non-hydrogen) atoms. The van der Waals surface area contributed by atoms with Gasteiger partial charge in [0.25, 0.3) is 10.0 Å². The van der Waals surface area contributed by atoms with Crippen molar-refractivity contribution < 1.29 is 17.6 Å². The Kier molecular flexibility index (Phi) is 5.89. The van der Waals surface area contributed by atoms with Gasteiger partial charge in [-0.1, -0.05) is 78.4 Å². The first-order valence-corrected chi connectivity index (χ1v) is 12.4. The van der Waals surface area contributed by atoms with Crippen LogP contribution >= 0.6 is 0 Å². The third kappa shape index (κ3) is 4.44. The second kappa shape index (κ2) is 9.16. The van der Waals surface area contributed by atoms with Crippen molar-refractivity contribution in [3.05, 3.63) is 120 Å². The largest absolute Gasteiger partial charge is 0.437 e. The van der Waals surface area contributed by atoms with E-state index in [-0.39, 0.29) is 10.4 Å². The average molecular weight is 480 g/mol. The zero-order valence-electron chi connectivity index (χ0n) is 18.9. The van der Waals surface area contributed by atoms with Gasteiger partial charge in [-0.15, -0.1) is 4.40 Å². The van der Waals surface area contributed by atoms with Crippen LogP contribution in [-0.4, -0.2) is 14.7 Å². The molecule has 4 aromatic carbocycles. The van der Waals surface area contributed by atoms with E-state index in [4.69, 9.17) is 4.42 Å². The number of hydrogen-bond acceptors (Lipinski definition) is 4. The molecule has 1 heterocycles. The van der Waals surface area contributed by atoms with E-state index in [1.807, 2.05) is 67.6 Å². The van der Waals surface area contributed by atoms with Crippen molar-refractivity contribution in [2.45, 2.75) is 11.8 Å². The number of fused-ring (bicyclic) bond motifs is 1. The van der Waals surface area contributed by atoms with Crippen LogP contribution in [0.2, 0.25) is 0 Å². The summed E-state index contributed by atoms with van der Waals surface area (Å²) in [4.78, 5) is 11.6. The van der Waals surface area contributed by atoms with Gasteiger partial charge in [-0.05, 0) is 48.4 Å². The van der Waals surface area contributed by atoms with Crippen molar-refractivity contribution in [2.24, 2.45) is 4.40 Å². The van der Waals surface area contributed by atoms with Crippen molar-refractivity contribution in [3.8, 4) is 22.3 Å². The lowest BCUT2D eigenvalue weighted by atomic mass is 9.92. The molecule has 0 radical (unpaired) electrons. The average Bonchev–Trinajstić information content (AvgIpc) is 2.88. The van der Waals surface area contributed by atoms with Gasteiger partial charge >= 0.3 is 0 Å². The molecule has 0 saturated heterocycles. The number of aldehydes is 1. The lowest BCUT2D eigenvalue weighted by molar-refractivity contribution is 0.112. The van der Waals surface area contributed by atoms with E-state index in [9.17, 15) is 13.2 Å². The number of nitrogens with zero attached hydrogens (tertiary/aromatic N) is 1. The maximum absolute atomic E-state index is 13.3. The molecule has 6 heteroatoms. The lowest BCUT2D eigenvalue weighted by Gasteiger charge is -2.14. The summed E-state index contributed by atoms with van der Waals surface area (Å²) in [5, 5.41) is 0.686. The summed E-state index contributed by atoms with van der Waals surface area (Å²) in [5.41, 5.74) is 4.69. The first-order valence-electron chi connectivity index (χ1n) is 11.0. The molecule has 0 bridgehead atoms. The van der Waals surface area contributed by atoms with Crippen molar-refractivity contribution in [2.75, 3.05) is 0 Å². The van der Waals surface area contributed by atoms with Crippen LogP contribution in [0.4, 0.5) is 0 Å². The van der Waals surface area contributed by atoms with E-state index in [0.29, 0.717) is 22.1 Å². The molecular formula is C29H21NO4S. The van der Waals surface area contributed by atoms with E-state index >= 15 is 0 Å². The Morgan fingerprint density at radius 1 is 0.743 bits per heavy atom. The standard InChI is InChI=1S/C29H21NO4S/c1-20-12-15-24(16-13-20)35(32,33)30-29-28(23-10-6-3-7-11-23)27(22-8-4-2-5-9-22)25-18-21(19-31)14-17-26(25)34-29/h2-19H,1H3. The first-order chi connectivity index (χ1) is 17.0. The minimum absolute atomic E-state index is 0.0259. The SMILES string of the molecule is Cc1ccc(S(=O)(=O)N=c2oc3ccc(C=O)cc3c(-c3ccccc3)c2-c2ccccc2)cc1. The summed E-state index contributed by atoms with van der Waals surface area (Å²) < 4.78 is 36.9. The molecule has 0 aliphatic heterocycles. The molecule has 0 N–H and O–H groups in total. The molecule has 0 fully saturated rings. The van der Waals surface area contributed by atoms with Crippen LogP contribution < -0.4 is 5.55 Å². The molecule has 0 spiro atoms. The second-order valence-electron chi connectivity index (χ2n) is 8.14. The summed E-state index contributed by atoms with van der Waals surface area (Å²) in [6, 6.07) is 30.6. The number of sulfonamides is 1. The minimum atomic E-state index is -4.07. The molecule has 172 valence electrons. The normalized spacial score (nSPS) is 12.1. The van der Waals surface area contributed by atoms with Gasteiger partial charge in [0.2, 0.25) is 5.55 Å². The predicted molar refractivity (Wildman–Crippen MR) is 136 cm³/mol. The number of carbonyl (C=O) groups excluding carboxylic acids is 1. The third-order valence-corrected chi connectivity index (χ3v) is 7.00. The van der Waals surface area contributed by atoms with Crippen LogP contribution in [0.5, 0.6) is 0 Å². The highest BCUT2D eigenvalue weighted by Crippen LogP contribution is 2.36. The number of hydrogen-bond donors (Lipinski definition) is 0. The maximum atomic E-state index is 13.3. The molecule has 5 aromatic rings. The van der Waals surface area contributed by atoms with Crippen molar-refractivity contribution in [1.29, 1.82) is 0 Å². The van der Waals surface area contributed by atoms with Crippen LogP contribution in [0.3, 0.4) is 0 Å². The predicted octanol–water partition coefficient (Wildman–Crippen LogP) is 6.18. The molecule has 1 aromatic heterocycles. The molecule has 0 atom stereocenters. The number of aryl methyl sites for hydroxylation is 1. The summed E-state index contributed by atoms with van der Waals surface area (Å²) in [7, 11) is -4.07. The molecule has 0 aliphatic carbocycles. The van der Waals surface area contributed by atoms with Crippen molar-refractivity contribution in [3.63, 3.8) is 0 Å². The van der Waals surface area contributed by atoms with Gasteiger partial charge in [0, 0.05) is 16.5 Å². The Bertz CT molecular complexity index is 1700. The summed E-state index contributed by atoms with van der Waals surface area (Å²) in [5.74, 6) is 0. The summed E-state index contributed by atoms with van der Waals surface area (Å²) >= 11 is 0.